The van der Waals surface area contributed by atoms with Crippen LogP contribution in [0, 0.1) is 0 Å². The smallest absolute Gasteiger partial charge is 0.355 e. The topological polar surface area (TPSA) is 84.5 Å². The second-order valence-corrected chi connectivity index (χ2v) is 8.38. The first-order valence-electron chi connectivity index (χ1n) is 9.94. The summed E-state index contributed by atoms with van der Waals surface area (Å²) in [7, 11) is 0. The Labute approximate surface area is 201 Å². The molecule has 0 aliphatic rings. The number of rotatable bonds is 8. The van der Waals surface area contributed by atoms with Gasteiger partial charge in [-0.1, -0.05) is 65.8 Å². The fourth-order valence-corrected chi connectivity index (χ4v) is 3.76. The summed E-state index contributed by atoms with van der Waals surface area (Å²) in [5.74, 6) is -1.74. The highest BCUT2D eigenvalue weighted by atomic mass is 35.5. The van der Waals surface area contributed by atoms with Gasteiger partial charge in [-0.25, -0.2) is 4.79 Å². The summed E-state index contributed by atoms with van der Waals surface area (Å²) in [4.78, 5) is 38.2. The van der Waals surface area contributed by atoms with Crippen molar-refractivity contribution in [2.75, 3.05) is 11.9 Å². The van der Waals surface area contributed by atoms with Crippen LogP contribution < -0.4 is 10.6 Å². The summed E-state index contributed by atoms with van der Waals surface area (Å²) in [6, 6.07) is 23.6. The SMILES string of the molecule is CC(=O)N/C(=C\c1ccccc1)C(=O)OCC(=O)Nc1ccccc1Sc1ccc(Cl)cc1. The summed E-state index contributed by atoms with van der Waals surface area (Å²) in [6.07, 6.45) is 1.49. The van der Waals surface area contributed by atoms with Gasteiger partial charge >= 0.3 is 5.97 Å². The molecule has 0 bridgehead atoms. The molecule has 0 unspecified atom stereocenters. The predicted octanol–water partition coefficient (Wildman–Crippen LogP) is 5.15. The van der Waals surface area contributed by atoms with Crippen LogP contribution in [0.5, 0.6) is 0 Å². The number of benzene rings is 3. The average Bonchev–Trinajstić information content (AvgIpc) is 2.80. The standard InChI is InChI=1S/C25H21ClN2O4S/c1-17(29)27-22(15-18-7-3-2-4-8-18)25(31)32-16-24(30)28-21-9-5-6-10-23(21)33-20-13-11-19(26)12-14-20/h2-15H,16H2,1H3,(H,27,29)(H,28,30)/b22-15-. The van der Waals surface area contributed by atoms with Crippen LogP contribution >= 0.6 is 23.4 Å². The number of para-hydroxylation sites is 1. The maximum absolute atomic E-state index is 12.5. The van der Waals surface area contributed by atoms with E-state index in [1.54, 1.807) is 48.5 Å². The number of esters is 1. The molecule has 0 aliphatic heterocycles. The van der Waals surface area contributed by atoms with Crippen molar-refractivity contribution in [1.82, 2.24) is 5.32 Å². The van der Waals surface area contributed by atoms with Crippen molar-refractivity contribution in [2.24, 2.45) is 0 Å². The summed E-state index contributed by atoms with van der Waals surface area (Å²) in [6.45, 7) is 0.776. The number of ether oxygens (including phenoxy) is 1. The molecular weight excluding hydrogens is 460 g/mol. The Hall–Kier alpha value is -3.55. The Morgan fingerprint density at radius 3 is 2.30 bits per heavy atom. The van der Waals surface area contributed by atoms with E-state index in [1.807, 2.05) is 30.3 Å². The second kappa shape index (κ2) is 11.9. The molecule has 3 aromatic carbocycles. The van der Waals surface area contributed by atoms with Gasteiger partial charge in [0.2, 0.25) is 5.91 Å². The van der Waals surface area contributed by atoms with Crippen molar-refractivity contribution >= 4 is 52.9 Å². The van der Waals surface area contributed by atoms with E-state index in [0.29, 0.717) is 16.3 Å². The fraction of sp³-hybridized carbons (Fsp3) is 0.0800. The van der Waals surface area contributed by atoms with E-state index in [-0.39, 0.29) is 5.70 Å². The lowest BCUT2D eigenvalue weighted by molar-refractivity contribution is -0.144. The molecule has 0 spiro atoms. The van der Waals surface area contributed by atoms with Crippen LogP contribution in [0.25, 0.3) is 6.08 Å². The molecule has 3 aromatic rings. The number of halogens is 1. The molecule has 0 heterocycles. The van der Waals surface area contributed by atoms with E-state index >= 15 is 0 Å². The molecule has 33 heavy (non-hydrogen) atoms. The zero-order valence-corrected chi connectivity index (χ0v) is 19.3. The Morgan fingerprint density at radius 1 is 0.939 bits per heavy atom. The minimum Gasteiger partial charge on any atom is -0.451 e. The fourth-order valence-electron chi connectivity index (χ4n) is 2.74. The molecule has 2 N–H and O–H groups in total. The van der Waals surface area contributed by atoms with Gasteiger partial charge in [-0.2, -0.15) is 0 Å². The molecular formula is C25H21ClN2O4S. The number of hydrogen-bond acceptors (Lipinski definition) is 5. The summed E-state index contributed by atoms with van der Waals surface area (Å²) in [5, 5.41) is 5.84. The van der Waals surface area contributed by atoms with E-state index in [9.17, 15) is 14.4 Å². The summed E-state index contributed by atoms with van der Waals surface area (Å²) < 4.78 is 5.13. The Bertz CT molecular complexity index is 1160. The highest BCUT2D eigenvalue weighted by Crippen LogP contribution is 2.33. The van der Waals surface area contributed by atoms with Gasteiger partial charge in [-0.05, 0) is 48.0 Å². The maximum Gasteiger partial charge on any atom is 0.355 e. The van der Waals surface area contributed by atoms with Crippen LogP contribution in [-0.2, 0) is 19.1 Å². The lowest BCUT2D eigenvalue weighted by Crippen LogP contribution is -2.29. The molecule has 0 saturated heterocycles. The van der Waals surface area contributed by atoms with E-state index in [1.165, 1.54) is 24.8 Å². The van der Waals surface area contributed by atoms with E-state index in [4.69, 9.17) is 16.3 Å². The third kappa shape index (κ3) is 7.82. The van der Waals surface area contributed by atoms with Gasteiger partial charge in [0, 0.05) is 21.7 Å². The lowest BCUT2D eigenvalue weighted by Gasteiger charge is -2.12. The highest BCUT2D eigenvalue weighted by Gasteiger charge is 2.16. The molecule has 0 saturated carbocycles. The van der Waals surface area contributed by atoms with Gasteiger partial charge < -0.3 is 15.4 Å². The van der Waals surface area contributed by atoms with Gasteiger partial charge in [0.05, 0.1) is 5.69 Å². The molecule has 8 heteroatoms. The number of carbonyl (C=O) groups is 3. The van der Waals surface area contributed by atoms with Crippen molar-refractivity contribution in [1.29, 1.82) is 0 Å². The van der Waals surface area contributed by atoms with Gasteiger partial charge in [0.15, 0.2) is 6.61 Å². The third-order valence-electron chi connectivity index (χ3n) is 4.18. The molecule has 2 amide bonds. The van der Waals surface area contributed by atoms with Crippen molar-refractivity contribution in [3.63, 3.8) is 0 Å². The van der Waals surface area contributed by atoms with E-state index in [0.717, 1.165) is 9.79 Å². The van der Waals surface area contributed by atoms with Crippen molar-refractivity contribution < 1.29 is 19.1 Å². The van der Waals surface area contributed by atoms with Crippen molar-refractivity contribution in [3.05, 3.63) is 95.1 Å². The summed E-state index contributed by atoms with van der Waals surface area (Å²) in [5.41, 5.74) is 1.23. The van der Waals surface area contributed by atoms with E-state index in [2.05, 4.69) is 10.6 Å². The normalized spacial score (nSPS) is 10.9. The molecule has 0 atom stereocenters. The quantitative estimate of drug-likeness (QED) is 0.344. The molecule has 0 aliphatic carbocycles. The molecule has 6 nitrogen and oxygen atoms in total. The monoisotopic (exact) mass is 480 g/mol. The molecule has 168 valence electrons. The van der Waals surface area contributed by atoms with Gasteiger partial charge in [0.1, 0.15) is 5.70 Å². The number of amides is 2. The van der Waals surface area contributed by atoms with Crippen LogP contribution in [0.1, 0.15) is 12.5 Å². The van der Waals surface area contributed by atoms with Crippen LogP contribution in [0.3, 0.4) is 0 Å². The average molecular weight is 481 g/mol. The van der Waals surface area contributed by atoms with Crippen molar-refractivity contribution in [3.8, 4) is 0 Å². The van der Waals surface area contributed by atoms with Crippen LogP contribution in [-0.4, -0.2) is 24.4 Å². The number of anilines is 1. The number of nitrogens with one attached hydrogen (secondary N) is 2. The Morgan fingerprint density at radius 2 is 1.61 bits per heavy atom. The minimum atomic E-state index is -0.812. The summed E-state index contributed by atoms with van der Waals surface area (Å²) >= 11 is 7.40. The predicted molar refractivity (Wildman–Crippen MR) is 130 cm³/mol. The lowest BCUT2D eigenvalue weighted by atomic mass is 10.2. The van der Waals surface area contributed by atoms with Crippen molar-refractivity contribution in [2.45, 2.75) is 16.7 Å². The van der Waals surface area contributed by atoms with Gasteiger partial charge in [0.25, 0.3) is 5.91 Å². The highest BCUT2D eigenvalue weighted by molar-refractivity contribution is 7.99. The van der Waals surface area contributed by atoms with Gasteiger partial charge in [-0.3, -0.25) is 9.59 Å². The second-order valence-electron chi connectivity index (χ2n) is 6.83. The Balaban J connectivity index is 1.63. The largest absolute Gasteiger partial charge is 0.451 e. The van der Waals surface area contributed by atoms with Crippen LogP contribution in [0.4, 0.5) is 5.69 Å². The maximum atomic E-state index is 12.5. The zero-order chi connectivity index (χ0) is 23.6. The molecule has 3 rings (SSSR count). The van der Waals surface area contributed by atoms with E-state index < -0.39 is 24.4 Å². The number of hydrogen-bond donors (Lipinski definition) is 2. The third-order valence-corrected chi connectivity index (χ3v) is 5.51. The molecule has 0 fully saturated rings. The van der Waals surface area contributed by atoms with Crippen LogP contribution in [0.15, 0.2) is 94.4 Å². The Kier molecular flexibility index (Phi) is 8.69. The van der Waals surface area contributed by atoms with Gasteiger partial charge in [-0.15, -0.1) is 0 Å². The zero-order valence-electron chi connectivity index (χ0n) is 17.7. The molecule has 0 aromatic heterocycles. The first kappa shape index (κ1) is 24.1. The molecule has 0 radical (unpaired) electrons. The number of carbonyl (C=O) groups excluding carboxylic acids is 3. The van der Waals surface area contributed by atoms with Crippen LogP contribution in [0.2, 0.25) is 5.02 Å². The first-order chi connectivity index (χ1) is 15.9. The first-order valence-corrected chi connectivity index (χ1v) is 11.1. The minimum absolute atomic E-state index is 0.0554.